The average molecular weight is 455 g/mol. The van der Waals surface area contributed by atoms with E-state index in [2.05, 4.69) is 27.4 Å². The van der Waals surface area contributed by atoms with Crippen LogP contribution < -0.4 is 0 Å². The van der Waals surface area contributed by atoms with Crippen LogP contribution in [0.25, 0.3) is 0 Å². The van der Waals surface area contributed by atoms with Crippen molar-refractivity contribution in [3.8, 4) is 0 Å². The number of rotatable bonds is 6. The summed E-state index contributed by atoms with van der Waals surface area (Å²) in [6.45, 7) is 12.9. The topological polar surface area (TPSA) is 120 Å². The zero-order valence-electron chi connectivity index (χ0n) is 19.9. The van der Waals surface area contributed by atoms with Crippen LogP contribution in [0.15, 0.2) is 23.8 Å². The van der Waals surface area contributed by atoms with Gasteiger partial charge in [0.1, 0.15) is 18.3 Å². The van der Waals surface area contributed by atoms with Crippen LogP contribution in [0.4, 0.5) is 0 Å². The van der Waals surface area contributed by atoms with Gasteiger partial charge < -0.3 is 35.0 Å². The Morgan fingerprint density at radius 1 is 1.19 bits per heavy atom. The van der Waals surface area contributed by atoms with Crippen LogP contribution >= 0.6 is 0 Å². The molecule has 3 fully saturated rings. The van der Waals surface area contributed by atoms with Crippen LogP contribution in [0.5, 0.6) is 0 Å². The molecule has 7 heteroatoms. The van der Waals surface area contributed by atoms with E-state index in [1.807, 2.05) is 13.0 Å². The normalized spacial score (nSPS) is 44.9. The van der Waals surface area contributed by atoms with E-state index in [1.165, 1.54) is 0 Å². The van der Waals surface area contributed by atoms with Gasteiger partial charge in [0.2, 0.25) is 0 Å². The van der Waals surface area contributed by atoms with Gasteiger partial charge >= 0.3 is 0 Å². The first-order chi connectivity index (χ1) is 14.9. The molecule has 5 N–H and O–H groups in total. The molecular formula is C25H42O7. The summed E-state index contributed by atoms with van der Waals surface area (Å²) >= 11 is 0. The minimum absolute atomic E-state index is 0.0212. The largest absolute Gasteiger partial charge is 0.393 e. The minimum Gasteiger partial charge on any atom is -0.393 e. The molecule has 1 aliphatic heterocycles. The predicted molar refractivity (Wildman–Crippen MR) is 121 cm³/mol. The summed E-state index contributed by atoms with van der Waals surface area (Å²) in [5, 5.41) is 50.3. The van der Waals surface area contributed by atoms with Crippen molar-refractivity contribution in [3.63, 3.8) is 0 Å². The van der Waals surface area contributed by atoms with E-state index in [9.17, 15) is 25.5 Å². The van der Waals surface area contributed by atoms with Crippen molar-refractivity contribution in [2.45, 2.75) is 96.6 Å². The van der Waals surface area contributed by atoms with Gasteiger partial charge in [0, 0.05) is 0 Å². The number of aliphatic hydroxyl groups is 5. The molecule has 3 rings (SSSR count). The Bertz CT molecular complexity index is 704. The summed E-state index contributed by atoms with van der Waals surface area (Å²) in [7, 11) is 0. The molecule has 1 heterocycles. The smallest absolute Gasteiger partial charge is 0.186 e. The van der Waals surface area contributed by atoms with Gasteiger partial charge in [-0.25, -0.2) is 0 Å². The molecule has 2 aliphatic carbocycles. The molecule has 0 spiro atoms. The van der Waals surface area contributed by atoms with Crippen LogP contribution in [0.2, 0.25) is 0 Å². The second kappa shape index (κ2) is 9.82. The van der Waals surface area contributed by atoms with Gasteiger partial charge in [-0.05, 0) is 67.3 Å². The first-order valence-electron chi connectivity index (χ1n) is 11.9. The summed E-state index contributed by atoms with van der Waals surface area (Å²) < 4.78 is 11.7. The molecule has 3 aliphatic rings. The Morgan fingerprint density at radius 2 is 1.88 bits per heavy atom. The lowest BCUT2D eigenvalue weighted by molar-refractivity contribution is -0.286. The van der Waals surface area contributed by atoms with Gasteiger partial charge in [-0.2, -0.15) is 0 Å². The molecular weight excluding hydrogens is 412 g/mol. The number of hydrogen-bond acceptors (Lipinski definition) is 7. The van der Waals surface area contributed by atoms with Crippen LogP contribution in [0, 0.1) is 22.7 Å². The highest BCUT2D eigenvalue weighted by atomic mass is 16.7. The van der Waals surface area contributed by atoms with Crippen molar-refractivity contribution in [2.75, 3.05) is 13.2 Å². The van der Waals surface area contributed by atoms with Crippen molar-refractivity contribution >= 4 is 0 Å². The standard InChI is InChI=1S/C25H42O7/c1-14(9-11-26)6-7-16-15(2)18(32-23-22(30)21(29)17(27)13-31-23)12-19-24(3,4)20(28)8-10-25(16,19)5/h9,16-23,26-30H,2,6-8,10-13H2,1,3-5H3/b14-9-/t16-,17+,18-,19-,20-,21+,22+,23+,25+/m0/s1. The van der Waals surface area contributed by atoms with Gasteiger partial charge in [0.15, 0.2) is 6.29 Å². The number of allylic oxidation sites excluding steroid dienone is 1. The highest BCUT2D eigenvalue weighted by molar-refractivity contribution is 5.22. The molecule has 32 heavy (non-hydrogen) atoms. The van der Waals surface area contributed by atoms with Crippen molar-refractivity contribution in [2.24, 2.45) is 22.7 Å². The summed E-state index contributed by atoms with van der Waals surface area (Å²) in [4.78, 5) is 0. The number of aliphatic hydroxyl groups excluding tert-OH is 5. The summed E-state index contributed by atoms with van der Waals surface area (Å²) in [6, 6.07) is 0. The van der Waals surface area contributed by atoms with Crippen molar-refractivity contribution in [1.29, 1.82) is 0 Å². The monoisotopic (exact) mass is 454 g/mol. The fourth-order valence-electron chi connectivity index (χ4n) is 6.43. The number of ether oxygens (including phenoxy) is 2. The SMILES string of the molecule is C=C1[C@@H](O[C@H]2OC[C@@H](O)[C@@H](O)[C@H]2O)C[C@H]2C(C)(C)[C@@H](O)CC[C@]2(C)[C@H]1CC/C(C)=C\CO. The Kier molecular flexibility index (Phi) is 7.92. The lowest BCUT2D eigenvalue weighted by Crippen LogP contribution is -2.59. The predicted octanol–water partition coefficient (Wildman–Crippen LogP) is 1.91. The van der Waals surface area contributed by atoms with E-state index in [0.29, 0.717) is 6.42 Å². The third kappa shape index (κ3) is 4.71. The highest BCUT2D eigenvalue weighted by Gasteiger charge is 2.58. The second-order valence-electron chi connectivity index (χ2n) is 10.9. The average Bonchev–Trinajstić information content (AvgIpc) is 2.73. The Labute approximate surface area is 191 Å². The fourth-order valence-corrected chi connectivity index (χ4v) is 6.43. The molecule has 0 aromatic rings. The first-order valence-corrected chi connectivity index (χ1v) is 11.9. The van der Waals surface area contributed by atoms with E-state index in [0.717, 1.165) is 36.8 Å². The quantitative estimate of drug-likeness (QED) is 0.307. The van der Waals surface area contributed by atoms with Gasteiger partial charge in [-0.15, -0.1) is 0 Å². The lowest BCUT2D eigenvalue weighted by atomic mass is 9.46. The second-order valence-corrected chi connectivity index (χ2v) is 10.9. The molecule has 184 valence electrons. The molecule has 0 aromatic heterocycles. The lowest BCUT2D eigenvalue weighted by Gasteiger charge is -2.61. The zero-order chi connectivity index (χ0) is 23.8. The van der Waals surface area contributed by atoms with Crippen LogP contribution in [0.3, 0.4) is 0 Å². The minimum atomic E-state index is -1.35. The molecule has 9 atom stereocenters. The molecule has 1 saturated heterocycles. The van der Waals surface area contributed by atoms with Crippen LogP contribution in [0.1, 0.15) is 59.8 Å². The van der Waals surface area contributed by atoms with Gasteiger partial charge in [0.05, 0.1) is 25.4 Å². The number of fused-ring (bicyclic) bond motifs is 1. The summed E-state index contributed by atoms with van der Waals surface area (Å²) in [6.07, 6.45) is 0.125. The third-order valence-corrected chi connectivity index (χ3v) is 8.64. The van der Waals surface area contributed by atoms with Gasteiger partial charge in [0.25, 0.3) is 0 Å². The van der Waals surface area contributed by atoms with Gasteiger partial charge in [-0.3, -0.25) is 0 Å². The molecule has 2 saturated carbocycles. The van der Waals surface area contributed by atoms with Crippen molar-refractivity contribution in [3.05, 3.63) is 23.8 Å². The fraction of sp³-hybridized carbons (Fsp3) is 0.840. The maximum atomic E-state index is 10.8. The van der Waals surface area contributed by atoms with E-state index in [1.54, 1.807) is 0 Å². The van der Waals surface area contributed by atoms with E-state index < -0.39 is 36.8 Å². The van der Waals surface area contributed by atoms with Crippen LogP contribution in [-0.2, 0) is 9.47 Å². The van der Waals surface area contributed by atoms with Crippen LogP contribution in [-0.4, -0.2) is 75.6 Å². The molecule has 0 aromatic carbocycles. The summed E-state index contributed by atoms with van der Waals surface area (Å²) in [5.74, 6) is 0.300. The highest BCUT2D eigenvalue weighted by Crippen LogP contribution is 2.62. The molecule has 0 amide bonds. The Morgan fingerprint density at radius 3 is 2.53 bits per heavy atom. The third-order valence-electron chi connectivity index (χ3n) is 8.64. The Hall–Kier alpha value is -0.800. The Balaban J connectivity index is 1.87. The molecule has 7 nitrogen and oxygen atoms in total. The van der Waals surface area contributed by atoms with Crippen molar-refractivity contribution in [1.82, 2.24) is 0 Å². The maximum Gasteiger partial charge on any atom is 0.186 e. The van der Waals surface area contributed by atoms with E-state index in [-0.39, 0.29) is 35.9 Å². The van der Waals surface area contributed by atoms with Gasteiger partial charge in [-0.1, -0.05) is 39.0 Å². The maximum absolute atomic E-state index is 10.8. The molecule has 0 radical (unpaired) electrons. The van der Waals surface area contributed by atoms with Crippen molar-refractivity contribution < 1.29 is 35.0 Å². The number of hydrogen-bond donors (Lipinski definition) is 5. The summed E-state index contributed by atoms with van der Waals surface area (Å²) in [5.41, 5.74) is 1.71. The molecule has 0 bridgehead atoms. The van der Waals surface area contributed by atoms with E-state index >= 15 is 0 Å². The zero-order valence-corrected chi connectivity index (χ0v) is 19.9. The first kappa shape index (κ1) is 25.8. The molecule has 0 unspecified atom stereocenters. The van der Waals surface area contributed by atoms with E-state index in [4.69, 9.17) is 9.47 Å².